The SMILES string of the molecule is CC(=O)Nc1cccc(NC(=O)c2cc3ccccc3c(=O)s2)c1. The van der Waals surface area contributed by atoms with Crippen LogP contribution in [0.2, 0.25) is 0 Å². The first-order valence-corrected chi connectivity index (χ1v) is 8.06. The van der Waals surface area contributed by atoms with Crippen molar-refractivity contribution in [3.63, 3.8) is 0 Å². The molecule has 5 nitrogen and oxygen atoms in total. The van der Waals surface area contributed by atoms with Gasteiger partial charge in [0, 0.05) is 23.7 Å². The summed E-state index contributed by atoms with van der Waals surface area (Å²) in [6.07, 6.45) is 0. The summed E-state index contributed by atoms with van der Waals surface area (Å²) in [7, 11) is 0. The van der Waals surface area contributed by atoms with E-state index in [9.17, 15) is 14.4 Å². The molecule has 3 rings (SSSR count). The lowest BCUT2D eigenvalue weighted by atomic mass is 10.2. The minimum atomic E-state index is -0.358. The first kappa shape index (κ1) is 15.9. The Morgan fingerprint density at radius 3 is 2.38 bits per heavy atom. The van der Waals surface area contributed by atoms with Crippen LogP contribution in [0, 0.1) is 0 Å². The van der Waals surface area contributed by atoms with Crippen LogP contribution in [0.25, 0.3) is 10.8 Å². The van der Waals surface area contributed by atoms with Crippen LogP contribution < -0.4 is 15.4 Å². The molecule has 0 aliphatic heterocycles. The van der Waals surface area contributed by atoms with Crippen molar-refractivity contribution < 1.29 is 9.59 Å². The molecule has 0 unspecified atom stereocenters. The number of carbonyl (C=O) groups excluding carboxylic acids is 2. The van der Waals surface area contributed by atoms with Gasteiger partial charge in [0.1, 0.15) is 0 Å². The molecular formula is C18H14N2O3S. The van der Waals surface area contributed by atoms with Gasteiger partial charge in [-0.05, 0) is 35.7 Å². The molecule has 0 bridgehead atoms. The van der Waals surface area contributed by atoms with E-state index in [4.69, 9.17) is 0 Å². The fraction of sp³-hybridized carbons (Fsp3) is 0.0556. The summed E-state index contributed by atoms with van der Waals surface area (Å²) < 4.78 is -0.148. The third-order valence-corrected chi connectivity index (χ3v) is 4.26. The lowest BCUT2D eigenvalue weighted by Crippen LogP contribution is -2.13. The number of nitrogens with one attached hydrogen (secondary N) is 2. The van der Waals surface area contributed by atoms with Crippen LogP contribution >= 0.6 is 11.3 Å². The normalized spacial score (nSPS) is 10.4. The molecule has 0 aliphatic rings. The van der Waals surface area contributed by atoms with Gasteiger partial charge in [-0.3, -0.25) is 14.4 Å². The largest absolute Gasteiger partial charge is 0.326 e. The highest BCUT2D eigenvalue weighted by Gasteiger charge is 2.11. The number of hydrogen-bond donors (Lipinski definition) is 2. The second-order valence-corrected chi connectivity index (χ2v) is 6.22. The van der Waals surface area contributed by atoms with Gasteiger partial charge >= 0.3 is 0 Å². The first-order valence-electron chi connectivity index (χ1n) is 7.25. The van der Waals surface area contributed by atoms with E-state index in [1.54, 1.807) is 48.5 Å². The Labute approximate surface area is 142 Å². The summed E-state index contributed by atoms with van der Waals surface area (Å²) >= 11 is 0.912. The van der Waals surface area contributed by atoms with E-state index in [2.05, 4.69) is 10.6 Å². The van der Waals surface area contributed by atoms with Gasteiger partial charge in [0.05, 0.1) is 4.88 Å². The van der Waals surface area contributed by atoms with E-state index in [1.807, 2.05) is 6.07 Å². The van der Waals surface area contributed by atoms with Crippen LogP contribution in [0.4, 0.5) is 11.4 Å². The molecule has 2 amide bonds. The Bertz CT molecular complexity index is 995. The molecule has 6 heteroatoms. The lowest BCUT2D eigenvalue weighted by molar-refractivity contribution is -0.114. The van der Waals surface area contributed by atoms with Crippen molar-refractivity contribution >= 4 is 45.3 Å². The topological polar surface area (TPSA) is 75.3 Å². The number of fused-ring (bicyclic) bond motifs is 1. The van der Waals surface area contributed by atoms with Gasteiger partial charge in [-0.2, -0.15) is 0 Å². The van der Waals surface area contributed by atoms with E-state index < -0.39 is 0 Å². The van der Waals surface area contributed by atoms with Crippen LogP contribution in [0.3, 0.4) is 0 Å². The molecular weight excluding hydrogens is 324 g/mol. The molecule has 1 heterocycles. The van der Waals surface area contributed by atoms with Crippen molar-refractivity contribution in [3.8, 4) is 0 Å². The molecule has 0 atom stereocenters. The third-order valence-electron chi connectivity index (χ3n) is 3.33. The van der Waals surface area contributed by atoms with Gasteiger partial charge in [-0.15, -0.1) is 0 Å². The Morgan fingerprint density at radius 1 is 0.917 bits per heavy atom. The second kappa shape index (κ2) is 6.64. The Kier molecular flexibility index (Phi) is 4.39. The van der Waals surface area contributed by atoms with Gasteiger partial charge in [0.25, 0.3) is 5.91 Å². The van der Waals surface area contributed by atoms with Crippen LogP contribution in [0.5, 0.6) is 0 Å². The molecule has 0 saturated heterocycles. The van der Waals surface area contributed by atoms with Crippen molar-refractivity contribution in [2.24, 2.45) is 0 Å². The number of anilines is 2. The van der Waals surface area contributed by atoms with Crippen LogP contribution in [-0.4, -0.2) is 11.8 Å². The Hall–Kier alpha value is -2.99. The van der Waals surface area contributed by atoms with Crippen molar-refractivity contribution in [1.82, 2.24) is 0 Å². The monoisotopic (exact) mass is 338 g/mol. The summed E-state index contributed by atoms with van der Waals surface area (Å²) in [6, 6.07) is 15.7. The summed E-state index contributed by atoms with van der Waals surface area (Å²) in [4.78, 5) is 36.0. The lowest BCUT2D eigenvalue weighted by Gasteiger charge is -2.08. The average Bonchev–Trinajstić information content (AvgIpc) is 2.54. The third kappa shape index (κ3) is 3.49. The second-order valence-electron chi connectivity index (χ2n) is 5.20. The van der Waals surface area contributed by atoms with E-state index in [0.717, 1.165) is 16.7 Å². The minimum absolute atomic E-state index is 0.148. The summed E-state index contributed by atoms with van der Waals surface area (Å²) in [6.45, 7) is 1.41. The Morgan fingerprint density at radius 2 is 1.62 bits per heavy atom. The van der Waals surface area contributed by atoms with Crippen molar-refractivity contribution in [3.05, 3.63) is 69.0 Å². The van der Waals surface area contributed by atoms with Crippen LogP contribution in [0.1, 0.15) is 16.6 Å². The van der Waals surface area contributed by atoms with E-state index in [-0.39, 0.29) is 16.6 Å². The fourth-order valence-corrected chi connectivity index (χ4v) is 3.14. The van der Waals surface area contributed by atoms with E-state index >= 15 is 0 Å². The maximum absolute atomic E-state index is 12.4. The predicted molar refractivity (Wildman–Crippen MR) is 96.8 cm³/mol. The zero-order valence-electron chi connectivity index (χ0n) is 12.8. The number of amides is 2. The minimum Gasteiger partial charge on any atom is -0.326 e. The Balaban J connectivity index is 1.87. The molecule has 0 fully saturated rings. The van der Waals surface area contributed by atoms with Crippen molar-refractivity contribution in [1.29, 1.82) is 0 Å². The molecule has 24 heavy (non-hydrogen) atoms. The molecule has 120 valence electrons. The number of hydrogen-bond acceptors (Lipinski definition) is 4. The maximum atomic E-state index is 12.4. The molecule has 0 spiro atoms. The van der Waals surface area contributed by atoms with E-state index in [0.29, 0.717) is 21.6 Å². The standard InChI is InChI=1S/C18H14N2O3S/c1-11(21)19-13-6-4-7-14(10-13)20-17(22)16-9-12-5-2-3-8-15(12)18(23)24-16/h2-10H,1H3,(H,19,21)(H,20,22). The molecule has 0 aliphatic carbocycles. The van der Waals surface area contributed by atoms with Gasteiger partial charge in [-0.1, -0.05) is 35.6 Å². The zero-order valence-corrected chi connectivity index (χ0v) is 13.6. The molecule has 1 aromatic heterocycles. The summed E-state index contributed by atoms with van der Waals surface area (Å²) in [5.41, 5.74) is 1.13. The fourth-order valence-electron chi connectivity index (χ4n) is 2.32. The number of benzene rings is 2. The van der Waals surface area contributed by atoms with Crippen molar-refractivity contribution in [2.75, 3.05) is 10.6 Å². The number of carbonyl (C=O) groups is 2. The highest BCUT2D eigenvalue weighted by Crippen LogP contribution is 2.19. The first-order chi connectivity index (χ1) is 11.5. The molecule has 2 N–H and O–H groups in total. The molecule has 3 aromatic rings. The molecule has 2 aromatic carbocycles. The predicted octanol–water partition coefficient (Wildman–Crippen LogP) is 3.47. The van der Waals surface area contributed by atoms with Gasteiger partial charge in [0.15, 0.2) is 0 Å². The van der Waals surface area contributed by atoms with Gasteiger partial charge in [0.2, 0.25) is 10.6 Å². The van der Waals surface area contributed by atoms with Gasteiger partial charge in [-0.25, -0.2) is 0 Å². The zero-order chi connectivity index (χ0) is 17.1. The summed E-state index contributed by atoms with van der Waals surface area (Å²) in [5, 5.41) is 6.74. The van der Waals surface area contributed by atoms with Crippen molar-refractivity contribution in [2.45, 2.75) is 6.92 Å². The highest BCUT2D eigenvalue weighted by molar-refractivity contribution is 7.12. The summed E-state index contributed by atoms with van der Waals surface area (Å²) in [5.74, 6) is -0.547. The highest BCUT2D eigenvalue weighted by atomic mass is 32.1. The molecule has 0 saturated carbocycles. The quantitative estimate of drug-likeness (QED) is 0.768. The molecule has 0 radical (unpaired) electrons. The maximum Gasteiger partial charge on any atom is 0.265 e. The van der Waals surface area contributed by atoms with Crippen LogP contribution in [0.15, 0.2) is 59.4 Å². The smallest absolute Gasteiger partial charge is 0.265 e. The van der Waals surface area contributed by atoms with Gasteiger partial charge < -0.3 is 10.6 Å². The number of rotatable bonds is 3. The van der Waals surface area contributed by atoms with E-state index in [1.165, 1.54) is 6.92 Å². The van der Waals surface area contributed by atoms with Crippen LogP contribution in [-0.2, 0) is 4.79 Å². The average molecular weight is 338 g/mol.